The van der Waals surface area contributed by atoms with Crippen molar-refractivity contribution in [1.29, 1.82) is 0 Å². The molecule has 1 aromatic rings. The molecular formula is C21H22F3N3O2. The number of hydrogen-bond donors (Lipinski definition) is 0. The van der Waals surface area contributed by atoms with Gasteiger partial charge in [-0.25, -0.2) is 4.99 Å². The summed E-state index contributed by atoms with van der Waals surface area (Å²) in [6, 6.07) is 3.99. The van der Waals surface area contributed by atoms with Gasteiger partial charge in [-0.05, 0) is 25.1 Å². The molecule has 0 N–H and O–H groups in total. The van der Waals surface area contributed by atoms with E-state index in [4.69, 9.17) is 0 Å². The summed E-state index contributed by atoms with van der Waals surface area (Å²) in [6.45, 7) is 10.8. The fourth-order valence-corrected chi connectivity index (χ4v) is 2.85. The Bertz CT molecular complexity index is 847. The molecule has 0 spiro atoms. The van der Waals surface area contributed by atoms with E-state index in [2.05, 4.69) is 18.2 Å². The molecule has 1 heterocycles. The molecule has 1 saturated heterocycles. The number of hydrogen-bond acceptors (Lipinski definition) is 3. The molecule has 0 bridgehead atoms. The predicted octanol–water partition coefficient (Wildman–Crippen LogP) is 3.71. The smallest absolute Gasteiger partial charge is 0.352 e. The Morgan fingerprint density at radius 3 is 2.10 bits per heavy atom. The number of allylic oxidation sites excluding steroid dienone is 1. The average molecular weight is 405 g/mol. The molecule has 0 aliphatic carbocycles. The maximum absolute atomic E-state index is 12.8. The van der Waals surface area contributed by atoms with Crippen molar-refractivity contribution in [3.63, 3.8) is 0 Å². The first-order valence-electron chi connectivity index (χ1n) is 8.95. The summed E-state index contributed by atoms with van der Waals surface area (Å²) in [7, 11) is 0. The number of Topliss-reactive ketones (excluding diaryl/α,β-unsaturated/α-hetero) is 1. The zero-order chi connectivity index (χ0) is 21.6. The summed E-state index contributed by atoms with van der Waals surface area (Å²) in [4.78, 5) is 32.3. The standard InChI is InChI=1S/C21H22F3N3O2/c1-4-10-25-20(27-13-11-26(12-14-27)18(28)5-2)15(3)19(29)16-6-8-17(9-7-16)21(22,23)24/h4-10H,2-3,11-14H2,1H3/b10-4-,25-20+. The topological polar surface area (TPSA) is 53.0 Å². The Kier molecular flexibility index (Phi) is 7.14. The predicted molar refractivity (Wildman–Crippen MR) is 106 cm³/mol. The van der Waals surface area contributed by atoms with Crippen molar-refractivity contribution in [3.05, 3.63) is 72.5 Å². The molecule has 1 aliphatic heterocycles. The van der Waals surface area contributed by atoms with Crippen molar-refractivity contribution < 1.29 is 22.8 Å². The van der Waals surface area contributed by atoms with Gasteiger partial charge in [-0.1, -0.05) is 31.4 Å². The van der Waals surface area contributed by atoms with Gasteiger partial charge in [-0.3, -0.25) is 9.59 Å². The second-order valence-corrected chi connectivity index (χ2v) is 6.33. The normalized spacial score (nSPS) is 15.5. The first kappa shape index (κ1) is 22.1. The second-order valence-electron chi connectivity index (χ2n) is 6.33. The molecular weight excluding hydrogens is 383 g/mol. The number of ketones is 1. The summed E-state index contributed by atoms with van der Waals surface area (Å²) in [5, 5.41) is 0. The molecule has 0 radical (unpaired) electrons. The summed E-state index contributed by atoms with van der Waals surface area (Å²) in [5.74, 6) is -0.346. The van der Waals surface area contributed by atoms with E-state index in [0.29, 0.717) is 32.0 Å². The number of rotatable bonds is 5. The van der Waals surface area contributed by atoms with E-state index < -0.39 is 17.5 Å². The third kappa shape index (κ3) is 5.43. The number of nitrogens with zero attached hydrogens (tertiary/aromatic N) is 3. The molecule has 1 amide bonds. The number of piperazine rings is 1. The number of aliphatic imine (C=N–C) groups is 1. The Balaban J connectivity index is 2.20. The van der Waals surface area contributed by atoms with Crippen molar-refractivity contribution in [2.45, 2.75) is 13.1 Å². The summed E-state index contributed by atoms with van der Waals surface area (Å²) >= 11 is 0. The lowest BCUT2D eigenvalue weighted by Gasteiger charge is -2.36. The molecule has 1 aromatic carbocycles. The van der Waals surface area contributed by atoms with E-state index in [1.54, 1.807) is 17.9 Å². The molecule has 0 atom stereocenters. The largest absolute Gasteiger partial charge is 0.416 e. The van der Waals surface area contributed by atoms with Crippen LogP contribution in [0.2, 0.25) is 0 Å². The van der Waals surface area contributed by atoms with E-state index in [-0.39, 0.29) is 17.0 Å². The number of amidine groups is 1. The number of carbonyl (C=O) groups is 2. The second kappa shape index (κ2) is 9.36. The Morgan fingerprint density at radius 1 is 1.07 bits per heavy atom. The molecule has 2 rings (SSSR count). The van der Waals surface area contributed by atoms with Gasteiger partial charge in [0.05, 0.1) is 11.1 Å². The van der Waals surface area contributed by atoms with Gasteiger partial charge in [0, 0.05) is 37.9 Å². The van der Waals surface area contributed by atoms with Crippen LogP contribution in [-0.4, -0.2) is 53.5 Å². The minimum atomic E-state index is -4.47. The quantitative estimate of drug-likeness (QED) is 0.325. The van der Waals surface area contributed by atoms with Gasteiger partial charge < -0.3 is 9.80 Å². The van der Waals surface area contributed by atoms with Crippen LogP contribution in [0.3, 0.4) is 0 Å². The maximum Gasteiger partial charge on any atom is 0.416 e. The zero-order valence-electron chi connectivity index (χ0n) is 16.1. The van der Waals surface area contributed by atoms with Gasteiger partial charge in [0.25, 0.3) is 0 Å². The fourth-order valence-electron chi connectivity index (χ4n) is 2.85. The number of alkyl halides is 3. The minimum absolute atomic E-state index is 0.0753. The van der Waals surface area contributed by atoms with Gasteiger partial charge in [0.1, 0.15) is 5.84 Å². The third-order valence-electron chi connectivity index (χ3n) is 4.43. The molecule has 8 heteroatoms. The highest BCUT2D eigenvalue weighted by Crippen LogP contribution is 2.29. The molecule has 5 nitrogen and oxygen atoms in total. The van der Waals surface area contributed by atoms with Crippen LogP contribution in [0.15, 0.2) is 66.3 Å². The van der Waals surface area contributed by atoms with Crippen molar-refractivity contribution in [3.8, 4) is 0 Å². The van der Waals surface area contributed by atoms with Crippen LogP contribution < -0.4 is 0 Å². The summed E-state index contributed by atoms with van der Waals surface area (Å²) in [5.41, 5.74) is -0.659. The molecule has 1 aliphatic rings. The molecule has 29 heavy (non-hydrogen) atoms. The van der Waals surface area contributed by atoms with Gasteiger partial charge >= 0.3 is 6.18 Å². The van der Waals surface area contributed by atoms with Crippen LogP contribution in [0.1, 0.15) is 22.8 Å². The van der Waals surface area contributed by atoms with E-state index in [0.717, 1.165) is 24.3 Å². The number of amides is 1. The van der Waals surface area contributed by atoms with Crippen molar-refractivity contribution >= 4 is 17.5 Å². The number of benzene rings is 1. The highest BCUT2D eigenvalue weighted by molar-refractivity contribution is 6.26. The van der Waals surface area contributed by atoms with Crippen LogP contribution >= 0.6 is 0 Å². The van der Waals surface area contributed by atoms with Crippen LogP contribution in [0.4, 0.5) is 13.2 Å². The van der Waals surface area contributed by atoms with Gasteiger partial charge in [0.15, 0.2) is 5.78 Å². The summed E-state index contributed by atoms with van der Waals surface area (Å²) in [6.07, 6.45) is -0.0214. The zero-order valence-corrected chi connectivity index (χ0v) is 16.1. The average Bonchev–Trinajstić information content (AvgIpc) is 2.72. The lowest BCUT2D eigenvalue weighted by molar-refractivity contribution is -0.137. The lowest BCUT2D eigenvalue weighted by Crippen LogP contribution is -2.51. The highest BCUT2D eigenvalue weighted by atomic mass is 19.4. The van der Waals surface area contributed by atoms with Crippen molar-refractivity contribution in [2.75, 3.05) is 26.2 Å². The molecule has 0 saturated carbocycles. The van der Waals surface area contributed by atoms with E-state index in [1.807, 2.05) is 4.90 Å². The van der Waals surface area contributed by atoms with Gasteiger partial charge in [0.2, 0.25) is 5.91 Å². The monoisotopic (exact) mass is 405 g/mol. The maximum atomic E-state index is 12.8. The fraction of sp³-hybridized carbons (Fsp3) is 0.286. The molecule has 154 valence electrons. The Morgan fingerprint density at radius 2 is 1.62 bits per heavy atom. The SMILES string of the molecule is C=CC(=O)N1CCN(/C(=N/C=C\C)C(=C)C(=O)c2ccc(C(F)(F)F)cc2)CC1. The van der Waals surface area contributed by atoms with E-state index in [1.165, 1.54) is 12.3 Å². The molecule has 1 fully saturated rings. The van der Waals surface area contributed by atoms with E-state index >= 15 is 0 Å². The first-order valence-corrected chi connectivity index (χ1v) is 8.95. The molecule has 0 unspecified atom stereocenters. The lowest BCUT2D eigenvalue weighted by atomic mass is 10.0. The highest BCUT2D eigenvalue weighted by Gasteiger charge is 2.31. The van der Waals surface area contributed by atoms with Crippen LogP contribution in [0.25, 0.3) is 0 Å². The first-order chi connectivity index (χ1) is 13.7. The van der Waals surface area contributed by atoms with Gasteiger partial charge in [-0.2, -0.15) is 13.2 Å². The number of carbonyl (C=O) groups excluding carboxylic acids is 2. The Hall–Kier alpha value is -3.16. The van der Waals surface area contributed by atoms with Crippen molar-refractivity contribution in [2.24, 2.45) is 4.99 Å². The van der Waals surface area contributed by atoms with E-state index in [9.17, 15) is 22.8 Å². The van der Waals surface area contributed by atoms with Gasteiger partial charge in [-0.15, -0.1) is 0 Å². The van der Waals surface area contributed by atoms with Crippen LogP contribution in [-0.2, 0) is 11.0 Å². The summed E-state index contributed by atoms with van der Waals surface area (Å²) < 4.78 is 38.2. The van der Waals surface area contributed by atoms with Crippen molar-refractivity contribution in [1.82, 2.24) is 9.80 Å². The van der Waals surface area contributed by atoms with Crippen LogP contribution in [0.5, 0.6) is 0 Å². The number of halogens is 3. The minimum Gasteiger partial charge on any atom is -0.352 e. The van der Waals surface area contributed by atoms with Crippen LogP contribution in [0, 0.1) is 0 Å². The Labute approximate surface area is 167 Å². The molecule has 0 aromatic heterocycles. The third-order valence-corrected chi connectivity index (χ3v) is 4.43.